The first-order valence-corrected chi connectivity index (χ1v) is 16.4. The zero-order valence-electron chi connectivity index (χ0n) is 24.8. The van der Waals surface area contributed by atoms with Crippen molar-refractivity contribution in [2.45, 2.75) is 57.4 Å². The fourth-order valence-electron chi connectivity index (χ4n) is 5.64. The van der Waals surface area contributed by atoms with Crippen molar-refractivity contribution in [3.8, 4) is 17.0 Å². The third-order valence-corrected chi connectivity index (χ3v) is 9.65. The Morgan fingerprint density at radius 2 is 1.79 bits per heavy atom. The summed E-state index contributed by atoms with van der Waals surface area (Å²) >= 11 is 0. The Bertz CT molecular complexity index is 1670. The van der Waals surface area contributed by atoms with Crippen LogP contribution in [0.5, 0.6) is 5.75 Å². The summed E-state index contributed by atoms with van der Waals surface area (Å²) < 4.78 is 37.7. The van der Waals surface area contributed by atoms with E-state index in [1.165, 1.54) is 0 Å². The average molecular weight is 592 g/mol. The van der Waals surface area contributed by atoms with E-state index in [0.717, 1.165) is 61.8 Å². The largest absolute Gasteiger partial charge is 0.493 e. The molecule has 1 saturated heterocycles. The summed E-state index contributed by atoms with van der Waals surface area (Å²) in [6.45, 7) is 7.90. The van der Waals surface area contributed by atoms with Crippen LogP contribution in [0.25, 0.3) is 22.2 Å². The zero-order chi connectivity index (χ0) is 29.7. The molecule has 0 saturated carbocycles. The first-order valence-electron chi connectivity index (χ1n) is 14.9. The van der Waals surface area contributed by atoms with Crippen molar-refractivity contribution in [3.05, 3.63) is 76.2 Å². The van der Waals surface area contributed by atoms with Crippen molar-refractivity contribution in [2.75, 3.05) is 32.8 Å². The van der Waals surface area contributed by atoms with E-state index >= 15 is 0 Å². The van der Waals surface area contributed by atoms with Gasteiger partial charge in [0.1, 0.15) is 11.3 Å². The Balaban J connectivity index is 1.58. The number of H-pyrrole nitrogens is 1. The van der Waals surface area contributed by atoms with Crippen LogP contribution in [-0.2, 0) is 30.0 Å². The number of rotatable bonds is 13. The van der Waals surface area contributed by atoms with Gasteiger partial charge in [-0.05, 0) is 68.6 Å². The Labute approximate surface area is 248 Å². The van der Waals surface area contributed by atoms with Gasteiger partial charge in [0.05, 0.1) is 22.9 Å². The van der Waals surface area contributed by atoms with Crippen LogP contribution in [0.1, 0.15) is 50.8 Å². The van der Waals surface area contributed by atoms with E-state index in [0.29, 0.717) is 42.2 Å². The molecule has 0 amide bonds. The molecule has 0 spiro atoms. The zero-order valence-corrected chi connectivity index (χ0v) is 25.6. The molecule has 4 aromatic rings. The van der Waals surface area contributed by atoms with E-state index in [1.54, 1.807) is 34.2 Å². The molecular formula is C32H41N5O4S. The van der Waals surface area contributed by atoms with E-state index in [9.17, 15) is 13.2 Å². The molecule has 0 atom stereocenters. The number of sulfonamides is 1. The second-order valence-corrected chi connectivity index (χ2v) is 12.9. The molecule has 0 bridgehead atoms. The van der Waals surface area contributed by atoms with Gasteiger partial charge in [-0.25, -0.2) is 8.42 Å². The van der Waals surface area contributed by atoms with Gasteiger partial charge >= 0.3 is 0 Å². The van der Waals surface area contributed by atoms with Crippen molar-refractivity contribution < 1.29 is 13.2 Å². The van der Waals surface area contributed by atoms with E-state index < -0.39 is 10.0 Å². The van der Waals surface area contributed by atoms with Crippen molar-refractivity contribution in [2.24, 2.45) is 7.05 Å². The summed E-state index contributed by atoms with van der Waals surface area (Å²) in [5.41, 5.74) is 3.05. The summed E-state index contributed by atoms with van der Waals surface area (Å²) in [5.74, 6) is 0.526. The Kier molecular flexibility index (Phi) is 9.45. The molecule has 2 aromatic carbocycles. The number of aromatic amines is 1. The van der Waals surface area contributed by atoms with Crippen LogP contribution >= 0.6 is 0 Å². The molecule has 10 heteroatoms. The van der Waals surface area contributed by atoms with Gasteiger partial charge in [-0.15, -0.1) is 0 Å². The quantitative estimate of drug-likeness (QED) is 0.236. The molecule has 5 rings (SSSR count). The summed E-state index contributed by atoms with van der Waals surface area (Å²) in [6, 6.07) is 16.5. The maximum Gasteiger partial charge on any atom is 0.274 e. The second kappa shape index (κ2) is 13.2. The van der Waals surface area contributed by atoms with Gasteiger partial charge in [-0.1, -0.05) is 50.6 Å². The molecule has 9 nitrogen and oxygen atoms in total. The predicted octanol–water partition coefficient (Wildman–Crippen LogP) is 4.96. The minimum atomic E-state index is -3.88. The average Bonchev–Trinajstić information content (AvgIpc) is 3.62. The van der Waals surface area contributed by atoms with Crippen molar-refractivity contribution in [1.82, 2.24) is 24.0 Å². The molecular weight excluding hydrogens is 550 g/mol. The first kappa shape index (κ1) is 30.0. The van der Waals surface area contributed by atoms with Crippen LogP contribution in [-0.4, -0.2) is 65.2 Å². The highest BCUT2D eigenvalue weighted by Gasteiger charge is 2.27. The van der Waals surface area contributed by atoms with Crippen LogP contribution in [0.4, 0.5) is 0 Å². The smallest absolute Gasteiger partial charge is 0.274 e. The van der Waals surface area contributed by atoms with Crippen molar-refractivity contribution in [3.63, 3.8) is 0 Å². The van der Waals surface area contributed by atoms with Gasteiger partial charge in [0.2, 0.25) is 10.0 Å². The highest BCUT2D eigenvalue weighted by Crippen LogP contribution is 2.34. The van der Waals surface area contributed by atoms with Gasteiger partial charge in [0, 0.05) is 37.6 Å². The summed E-state index contributed by atoms with van der Waals surface area (Å²) in [5, 5.41) is 5.35. The number of benzene rings is 2. The van der Waals surface area contributed by atoms with Crippen LogP contribution in [0.15, 0.2) is 64.3 Å². The Hall–Kier alpha value is -3.47. The minimum absolute atomic E-state index is 0.166. The molecule has 1 N–H and O–H groups in total. The van der Waals surface area contributed by atoms with Crippen molar-refractivity contribution >= 4 is 20.9 Å². The summed E-state index contributed by atoms with van der Waals surface area (Å²) in [7, 11) is -2.11. The molecule has 0 unspecified atom stereocenters. The standard InChI is InChI=1S/C32H41N5O4S/c1-4-11-28-27-22-29(33-32(38)31(27)35(3)34-28)26-21-25(14-15-30(26)41-20-5-2)42(39,40)37(19-18-36-16-9-10-17-36)23-24-12-7-6-8-13-24/h6-8,12-15,21-22H,4-5,9-11,16-20,23H2,1-3H3,(H,33,38). The van der Waals surface area contributed by atoms with Gasteiger partial charge in [-0.2, -0.15) is 9.40 Å². The number of fused-ring (bicyclic) bond motifs is 1. The fourth-order valence-corrected chi connectivity index (χ4v) is 7.09. The molecule has 1 aliphatic heterocycles. The highest BCUT2D eigenvalue weighted by molar-refractivity contribution is 7.89. The monoisotopic (exact) mass is 591 g/mol. The highest BCUT2D eigenvalue weighted by atomic mass is 32.2. The second-order valence-electron chi connectivity index (χ2n) is 11.0. The summed E-state index contributed by atoms with van der Waals surface area (Å²) in [6.07, 6.45) is 4.71. The summed E-state index contributed by atoms with van der Waals surface area (Å²) in [4.78, 5) is 18.7. The van der Waals surface area contributed by atoms with Crippen LogP contribution in [0.2, 0.25) is 0 Å². The Morgan fingerprint density at radius 1 is 1.02 bits per heavy atom. The van der Waals surface area contributed by atoms with E-state index in [2.05, 4.69) is 21.9 Å². The van der Waals surface area contributed by atoms with Gasteiger partial charge in [-0.3, -0.25) is 9.48 Å². The van der Waals surface area contributed by atoms with E-state index in [1.807, 2.05) is 43.3 Å². The lowest BCUT2D eigenvalue weighted by atomic mass is 10.1. The van der Waals surface area contributed by atoms with Crippen molar-refractivity contribution in [1.29, 1.82) is 0 Å². The molecule has 224 valence electrons. The van der Waals surface area contributed by atoms with Crippen LogP contribution < -0.4 is 10.3 Å². The number of hydrogen-bond donors (Lipinski definition) is 1. The lowest BCUT2D eigenvalue weighted by Gasteiger charge is -2.25. The third kappa shape index (κ3) is 6.45. The first-order chi connectivity index (χ1) is 20.3. The number of aryl methyl sites for hydroxylation is 2. The number of aromatic nitrogens is 3. The number of ether oxygens (including phenoxy) is 1. The molecule has 1 fully saturated rings. The van der Waals surface area contributed by atoms with E-state index in [4.69, 9.17) is 4.74 Å². The topological polar surface area (TPSA) is 101 Å². The number of likely N-dealkylation sites (tertiary alicyclic amines) is 1. The molecule has 3 heterocycles. The van der Waals surface area contributed by atoms with Gasteiger partial charge in [0.15, 0.2) is 0 Å². The fraction of sp³-hybridized carbons (Fsp3) is 0.438. The number of hydrogen-bond acceptors (Lipinski definition) is 6. The maximum absolute atomic E-state index is 14.3. The lowest BCUT2D eigenvalue weighted by Crippen LogP contribution is -2.37. The molecule has 1 aliphatic rings. The number of nitrogens with zero attached hydrogens (tertiary/aromatic N) is 4. The number of pyridine rings is 1. The SMILES string of the molecule is CCCOc1ccc(S(=O)(=O)N(CCN2CCCC2)Cc2ccccc2)cc1-c1cc2c(CCC)nn(C)c2c(=O)[nH]1. The predicted molar refractivity (Wildman–Crippen MR) is 166 cm³/mol. The molecule has 0 aliphatic carbocycles. The van der Waals surface area contributed by atoms with Crippen LogP contribution in [0.3, 0.4) is 0 Å². The molecule has 0 radical (unpaired) electrons. The normalized spacial score (nSPS) is 14.3. The van der Waals surface area contributed by atoms with E-state index in [-0.39, 0.29) is 17.0 Å². The maximum atomic E-state index is 14.3. The lowest BCUT2D eigenvalue weighted by molar-refractivity contribution is 0.291. The van der Waals surface area contributed by atoms with Gasteiger partial charge in [0.25, 0.3) is 5.56 Å². The molecule has 2 aromatic heterocycles. The minimum Gasteiger partial charge on any atom is -0.493 e. The van der Waals surface area contributed by atoms with Crippen LogP contribution in [0, 0.1) is 0 Å². The number of nitrogens with one attached hydrogen (secondary N) is 1. The van der Waals surface area contributed by atoms with Gasteiger partial charge < -0.3 is 14.6 Å². The third-order valence-electron chi connectivity index (χ3n) is 7.81. The Morgan fingerprint density at radius 3 is 2.50 bits per heavy atom. The molecule has 42 heavy (non-hydrogen) atoms.